The minimum absolute atomic E-state index is 0.110. The van der Waals surface area contributed by atoms with Crippen molar-refractivity contribution in [2.75, 3.05) is 7.05 Å². The summed E-state index contributed by atoms with van der Waals surface area (Å²) in [6, 6.07) is 4.64. The van der Waals surface area contributed by atoms with Gasteiger partial charge in [0.25, 0.3) is 0 Å². The number of nitrogens with one attached hydrogen (secondary N) is 1. The highest BCUT2D eigenvalue weighted by molar-refractivity contribution is 6.25. The van der Waals surface area contributed by atoms with Gasteiger partial charge in [-0.1, -0.05) is 12.1 Å². The second kappa shape index (κ2) is 5.64. The first kappa shape index (κ1) is 15.5. The van der Waals surface area contributed by atoms with E-state index in [0.29, 0.717) is 6.42 Å². The molecule has 0 fully saturated rings. The van der Waals surface area contributed by atoms with Crippen LogP contribution in [-0.4, -0.2) is 25.0 Å². The van der Waals surface area contributed by atoms with Crippen molar-refractivity contribution in [3.63, 3.8) is 0 Å². The summed E-state index contributed by atoms with van der Waals surface area (Å²) in [5.74, 6) is -0.225. The summed E-state index contributed by atoms with van der Waals surface area (Å²) in [5, 5.41) is 2.73. The smallest absolute Gasteiger partial charge is 0.416 e. The van der Waals surface area contributed by atoms with Gasteiger partial charge in [0, 0.05) is 13.5 Å². The highest BCUT2D eigenvalue weighted by Gasteiger charge is 2.42. The van der Waals surface area contributed by atoms with E-state index in [4.69, 9.17) is 9.47 Å². The predicted octanol–water partition coefficient (Wildman–Crippen LogP) is 2.86. The summed E-state index contributed by atoms with van der Waals surface area (Å²) in [6.45, 7) is 0. The van der Waals surface area contributed by atoms with Gasteiger partial charge in [-0.05, 0) is 23.8 Å². The van der Waals surface area contributed by atoms with Crippen LogP contribution in [0.2, 0.25) is 0 Å². The number of carbonyl (C=O) groups is 1. The molecule has 2 atom stereocenters. The van der Waals surface area contributed by atoms with Crippen LogP contribution < -0.4 is 5.32 Å². The van der Waals surface area contributed by atoms with Crippen molar-refractivity contribution in [1.82, 2.24) is 5.32 Å². The molecule has 0 saturated heterocycles. The van der Waals surface area contributed by atoms with Crippen LogP contribution in [0.1, 0.15) is 17.5 Å². The van der Waals surface area contributed by atoms with Crippen LogP contribution >= 0.6 is 0 Å². The van der Waals surface area contributed by atoms with Crippen LogP contribution in [0.4, 0.5) is 13.2 Å². The summed E-state index contributed by atoms with van der Waals surface area (Å²) in [5.41, 5.74) is -0.533. The summed E-state index contributed by atoms with van der Waals surface area (Å²) >= 11 is 0. The molecule has 0 bridgehead atoms. The lowest BCUT2D eigenvalue weighted by atomic mass is 9.96. The van der Waals surface area contributed by atoms with E-state index < -0.39 is 23.9 Å². The number of Topliss-reactive ketones (excluding diaryl/α,β-unsaturated/α-hetero) is 1. The molecule has 0 spiro atoms. The van der Waals surface area contributed by atoms with E-state index in [1.165, 1.54) is 18.4 Å². The van der Waals surface area contributed by atoms with E-state index in [2.05, 4.69) is 5.32 Å². The van der Waals surface area contributed by atoms with Crippen molar-refractivity contribution in [3.8, 4) is 0 Å². The van der Waals surface area contributed by atoms with Crippen LogP contribution in [0.5, 0.6) is 0 Å². The Kier molecular flexibility index (Phi) is 3.79. The van der Waals surface area contributed by atoms with Crippen LogP contribution in [0.3, 0.4) is 0 Å². The van der Waals surface area contributed by atoms with Gasteiger partial charge in [-0.2, -0.15) is 13.2 Å². The Balaban J connectivity index is 1.95. The molecular weight excluding hydrogens is 311 g/mol. The third-order valence-electron chi connectivity index (χ3n) is 3.74. The van der Waals surface area contributed by atoms with E-state index >= 15 is 0 Å². The number of benzene rings is 1. The van der Waals surface area contributed by atoms with Crippen LogP contribution in [0, 0.1) is 0 Å². The maximum Gasteiger partial charge on any atom is 0.416 e. The summed E-state index contributed by atoms with van der Waals surface area (Å²) in [7, 11) is 1.55. The normalized spacial score (nSPS) is 23.9. The highest BCUT2D eigenvalue weighted by Crippen LogP contribution is 2.36. The molecule has 122 valence electrons. The number of ether oxygens (including phenoxy) is 2. The quantitative estimate of drug-likeness (QED) is 0.928. The van der Waals surface area contributed by atoms with E-state index in [1.54, 1.807) is 13.1 Å². The van der Waals surface area contributed by atoms with E-state index in [-0.39, 0.29) is 22.8 Å². The van der Waals surface area contributed by atoms with E-state index in [9.17, 15) is 18.0 Å². The molecule has 1 aromatic carbocycles. The van der Waals surface area contributed by atoms with Gasteiger partial charge in [-0.3, -0.25) is 4.79 Å². The molecule has 2 aliphatic heterocycles. The molecule has 2 unspecified atom stereocenters. The zero-order chi connectivity index (χ0) is 16.6. The zero-order valence-electron chi connectivity index (χ0n) is 12.2. The first-order chi connectivity index (χ1) is 10.9. The van der Waals surface area contributed by atoms with Gasteiger partial charge in [-0.15, -0.1) is 0 Å². The molecular formula is C16H14F3NO3. The Bertz CT molecular complexity index is 686. The lowest BCUT2D eigenvalue weighted by molar-refractivity contribution is -0.137. The first-order valence-corrected chi connectivity index (χ1v) is 7.03. The second-order valence-electron chi connectivity index (χ2n) is 5.22. The highest BCUT2D eigenvalue weighted by atomic mass is 19.4. The third-order valence-corrected chi connectivity index (χ3v) is 3.74. The molecule has 1 aromatic rings. The Labute approximate surface area is 130 Å². The SMILES string of the molecule is CNC1=C(c2cccc(C(F)(F)F)c2)C(=O)C(C2CC=CO2)O1. The van der Waals surface area contributed by atoms with Gasteiger partial charge in [-0.25, -0.2) is 0 Å². The summed E-state index contributed by atoms with van der Waals surface area (Å²) < 4.78 is 49.5. The van der Waals surface area contributed by atoms with Gasteiger partial charge < -0.3 is 14.8 Å². The molecule has 0 aliphatic carbocycles. The number of hydrogen-bond donors (Lipinski definition) is 1. The molecule has 1 N–H and O–H groups in total. The van der Waals surface area contributed by atoms with E-state index in [0.717, 1.165) is 12.1 Å². The number of alkyl halides is 3. The minimum Gasteiger partial charge on any atom is -0.494 e. The average Bonchev–Trinajstić information content (AvgIpc) is 3.13. The maximum absolute atomic E-state index is 12.9. The molecule has 2 heterocycles. The molecule has 0 saturated carbocycles. The van der Waals surface area contributed by atoms with Gasteiger partial charge in [0.1, 0.15) is 6.10 Å². The van der Waals surface area contributed by atoms with Crippen molar-refractivity contribution in [1.29, 1.82) is 0 Å². The fourth-order valence-corrected chi connectivity index (χ4v) is 2.64. The monoisotopic (exact) mass is 325 g/mol. The number of ketones is 1. The van der Waals surface area contributed by atoms with Crippen molar-refractivity contribution >= 4 is 11.4 Å². The number of rotatable bonds is 3. The van der Waals surface area contributed by atoms with Gasteiger partial charge >= 0.3 is 6.18 Å². The van der Waals surface area contributed by atoms with Crippen molar-refractivity contribution in [2.45, 2.75) is 24.8 Å². The summed E-state index contributed by atoms with van der Waals surface area (Å²) in [6.07, 6.45) is -2.03. The van der Waals surface area contributed by atoms with Crippen molar-refractivity contribution in [3.05, 3.63) is 53.6 Å². The molecule has 23 heavy (non-hydrogen) atoms. The van der Waals surface area contributed by atoms with Crippen LogP contribution in [0.25, 0.3) is 5.57 Å². The van der Waals surface area contributed by atoms with Crippen molar-refractivity contribution in [2.24, 2.45) is 0 Å². The Morgan fingerprint density at radius 1 is 1.30 bits per heavy atom. The van der Waals surface area contributed by atoms with Gasteiger partial charge in [0.05, 0.1) is 17.4 Å². The lowest BCUT2D eigenvalue weighted by Crippen LogP contribution is -2.32. The first-order valence-electron chi connectivity index (χ1n) is 7.03. The fraction of sp³-hybridized carbons (Fsp3) is 0.312. The number of halogens is 3. The minimum atomic E-state index is -4.48. The third kappa shape index (κ3) is 2.78. The molecule has 4 nitrogen and oxygen atoms in total. The Morgan fingerprint density at radius 2 is 2.09 bits per heavy atom. The lowest BCUT2D eigenvalue weighted by Gasteiger charge is -2.17. The van der Waals surface area contributed by atoms with Crippen LogP contribution in [0.15, 0.2) is 42.5 Å². The average molecular weight is 325 g/mol. The second-order valence-corrected chi connectivity index (χ2v) is 5.22. The molecule has 0 aromatic heterocycles. The summed E-state index contributed by atoms with van der Waals surface area (Å²) in [4.78, 5) is 12.6. The van der Waals surface area contributed by atoms with Crippen molar-refractivity contribution < 1.29 is 27.4 Å². The van der Waals surface area contributed by atoms with Gasteiger partial charge in [0.15, 0.2) is 12.0 Å². The largest absolute Gasteiger partial charge is 0.494 e. The number of hydrogen-bond acceptors (Lipinski definition) is 4. The molecule has 3 rings (SSSR count). The Hall–Kier alpha value is -2.44. The Morgan fingerprint density at radius 3 is 2.70 bits per heavy atom. The van der Waals surface area contributed by atoms with Gasteiger partial charge in [0.2, 0.25) is 5.78 Å². The predicted molar refractivity (Wildman–Crippen MR) is 75.9 cm³/mol. The molecule has 0 radical (unpaired) electrons. The fourth-order valence-electron chi connectivity index (χ4n) is 2.64. The van der Waals surface area contributed by atoms with E-state index in [1.807, 2.05) is 0 Å². The maximum atomic E-state index is 12.9. The van der Waals surface area contributed by atoms with Crippen LogP contribution in [-0.2, 0) is 20.4 Å². The zero-order valence-corrected chi connectivity index (χ0v) is 12.2. The standard InChI is InChI=1S/C16H14F3NO3/c1-20-15-12(9-4-2-5-10(8-9)16(17,18)19)13(21)14(23-15)11-6-3-7-22-11/h2-5,7-8,11,14,20H,6H2,1H3. The molecule has 7 heteroatoms. The number of carbonyl (C=O) groups excluding carboxylic acids is 1. The topological polar surface area (TPSA) is 47.6 Å². The molecule has 2 aliphatic rings. The molecule has 0 amide bonds.